The first-order valence-corrected chi connectivity index (χ1v) is 7.81. The molecule has 1 saturated carbocycles. The quantitative estimate of drug-likeness (QED) is 0.809. The molecule has 2 heteroatoms. The van der Waals surface area contributed by atoms with Crippen molar-refractivity contribution < 1.29 is 0 Å². The van der Waals surface area contributed by atoms with E-state index in [9.17, 15) is 0 Å². The lowest BCUT2D eigenvalue weighted by atomic mass is 9.84. The number of nitrogen functional groups attached to an aromatic ring is 1. The summed E-state index contributed by atoms with van der Waals surface area (Å²) in [6, 6.07) is 9.10. The minimum absolute atomic E-state index is 0.772. The van der Waals surface area contributed by atoms with E-state index in [0.717, 1.165) is 30.7 Å². The Bertz CT molecular complexity index is 381. The van der Waals surface area contributed by atoms with E-state index in [2.05, 4.69) is 36.9 Å². The molecule has 2 nitrogen and oxygen atoms in total. The van der Waals surface area contributed by atoms with Crippen molar-refractivity contribution in [3.05, 3.63) is 29.8 Å². The van der Waals surface area contributed by atoms with Crippen molar-refractivity contribution in [2.45, 2.75) is 58.5 Å². The van der Waals surface area contributed by atoms with E-state index in [1.165, 1.54) is 37.7 Å². The SMILES string of the molecule is CCC1CCC(N(CC)Cc2cccc(N)c2)CC1. The van der Waals surface area contributed by atoms with Crippen LogP contribution in [0.15, 0.2) is 24.3 Å². The van der Waals surface area contributed by atoms with Gasteiger partial charge in [-0.3, -0.25) is 4.90 Å². The molecule has 0 aliphatic heterocycles. The van der Waals surface area contributed by atoms with Gasteiger partial charge >= 0.3 is 0 Å². The summed E-state index contributed by atoms with van der Waals surface area (Å²) in [7, 11) is 0. The smallest absolute Gasteiger partial charge is 0.0317 e. The molecule has 2 rings (SSSR count). The molecule has 0 bridgehead atoms. The number of benzene rings is 1. The van der Waals surface area contributed by atoms with Gasteiger partial charge in [0.2, 0.25) is 0 Å². The Morgan fingerprint density at radius 1 is 1.16 bits per heavy atom. The van der Waals surface area contributed by atoms with Gasteiger partial charge in [-0.05, 0) is 55.8 Å². The average Bonchev–Trinajstić information content (AvgIpc) is 2.45. The molecule has 0 saturated heterocycles. The minimum atomic E-state index is 0.772. The first-order chi connectivity index (χ1) is 9.22. The van der Waals surface area contributed by atoms with Crippen LogP contribution in [0.4, 0.5) is 5.69 Å². The summed E-state index contributed by atoms with van der Waals surface area (Å²) >= 11 is 0. The third-order valence-corrected chi connectivity index (χ3v) is 4.65. The Morgan fingerprint density at radius 3 is 2.47 bits per heavy atom. The van der Waals surface area contributed by atoms with Crippen molar-refractivity contribution in [2.75, 3.05) is 12.3 Å². The van der Waals surface area contributed by atoms with Gasteiger partial charge < -0.3 is 5.73 Å². The van der Waals surface area contributed by atoms with Crippen molar-refractivity contribution >= 4 is 5.69 Å². The summed E-state index contributed by atoms with van der Waals surface area (Å²) in [6.07, 6.45) is 6.92. The molecular weight excluding hydrogens is 232 g/mol. The standard InChI is InChI=1S/C17H28N2/c1-3-14-8-10-17(11-9-14)19(4-2)13-15-6-5-7-16(18)12-15/h5-7,12,14,17H,3-4,8-11,13,18H2,1-2H3. The van der Waals surface area contributed by atoms with E-state index >= 15 is 0 Å². The number of rotatable bonds is 5. The van der Waals surface area contributed by atoms with E-state index in [0.29, 0.717) is 0 Å². The summed E-state index contributed by atoms with van der Waals surface area (Å²) < 4.78 is 0. The van der Waals surface area contributed by atoms with E-state index in [4.69, 9.17) is 5.73 Å². The second-order valence-electron chi connectivity index (χ2n) is 5.89. The van der Waals surface area contributed by atoms with Crippen LogP contribution in [0.3, 0.4) is 0 Å². The van der Waals surface area contributed by atoms with Gasteiger partial charge in [0.15, 0.2) is 0 Å². The maximum atomic E-state index is 5.87. The largest absolute Gasteiger partial charge is 0.399 e. The van der Waals surface area contributed by atoms with E-state index in [1.54, 1.807) is 0 Å². The number of nitrogens with zero attached hydrogens (tertiary/aromatic N) is 1. The van der Waals surface area contributed by atoms with Gasteiger partial charge in [-0.2, -0.15) is 0 Å². The Kier molecular flexibility index (Phi) is 5.26. The summed E-state index contributed by atoms with van der Waals surface area (Å²) in [5.74, 6) is 0.974. The van der Waals surface area contributed by atoms with E-state index in [1.807, 2.05) is 6.07 Å². The van der Waals surface area contributed by atoms with Crippen molar-refractivity contribution in [2.24, 2.45) is 5.92 Å². The maximum absolute atomic E-state index is 5.87. The highest BCUT2D eigenvalue weighted by molar-refractivity contribution is 5.40. The Balaban J connectivity index is 1.93. The number of nitrogens with two attached hydrogens (primary N) is 1. The van der Waals surface area contributed by atoms with Crippen molar-refractivity contribution in [1.29, 1.82) is 0 Å². The van der Waals surface area contributed by atoms with Gasteiger partial charge in [0.25, 0.3) is 0 Å². The molecule has 19 heavy (non-hydrogen) atoms. The molecule has 1 aliphatic carbocycles. The molecule has 0 atom stereocenters. The van der Waals surface area contributed by atoms with Crippen LogP contribution in [0, 0.1) is 5.92 Å². The summed E-state index contributed by atoms with van der Waals surface area (Å²) in [5.41, 5.74) is 8.10. The zero-order valence-corrected chi connectivity index (χ0v) is 12.4. The second kappa shape index (κ2) is 6.95. The molecular formula is C17H28N2. The molecule has 0 radical (unpaired) electrons. The highest BCUT2D eigenvalue weighted by Gasteiger charge is 2.24. The van der Waals surface area contributed by atoms with Crippen LogP contribution in [-0.4, -0.2) is 17.5 Å². The third kappa shape index (κ3) is 3.97. The Labute approximate surface area is 118 Å². The van der Waals surface area contributed by atoms with Gasteiger partial charge in [0.05, 0.1) is 0 Å². The summed E-state index contributed by atoms with van der Waals surface area (Å²) in [4.78, 5) is 2.63. The molecule has 0 heterocycles. The molecule has 1 aromatic rings. The second-order valence-corrected chi connectivity index (χ2v) is 5.89. The van der Waals surface area contributed by atoms with Crippen molar-refractivity contribution in [3.8, 4) is 0 Å². The third-order valence-electron chi connectivity index (χ3n) is 4.65. The molecule has 0 spiro atoms. The van der Waals surface area contributed by atoms with Gasteiger partial charge in [0.1, 0.15) is 0 Å². The van der Waals surface area contributed by atoms with E-state index < -0.39 is 0 Å². The molecule has 2 N–H and O–H groups in total. The van der Waals surface area contributed by atoms with Gasteiger partial charge in [-0.25, -0.2) is 0 Å². The number of hydrogen-bond donors (Lipinski definition) is 1. The number of anilines is 1. The Morgan fingerprint density at radius 2 is 1.89 bits per heavy atom. The van der Waals surface area contributed by atoms with Gasteiger partial charge in [-0.1, -0.05) is 32.4 Å². The van der Waals surface area contributed by atoms with Gasteiger partial charge in [0, 0.05) is 18.3 Å². The summed E-state index contributed by atoms with van der Waals surface area (Å²) in [5, 5.41) is 0. The first-order valence-electron chi connectivity index (χ1n) is 7.81. The van der Waals surface area contributed by atoms with Crippen LogP contribution in [-0.2, 0) is 6.54 Å². The van der Waals surface area contributed by atoms with Gasteiger partial charge in [-0.15, -0.1) is 0 Å². The predicted molar refractivity (Wildman–Crippen MR) is 83.0 cm³/mol. The fourth-order valence-corrected chi connectivity index (χ4v) is 3.34. The monoisotopic (exact) mass is 260 g/mol. The maximum Gasteiger partial charge on any atom is 0.0317 e. The van der Waals surface area contributed by atoms with Crippen molar-refractivity contribution in [3.63, 3.8) is 0 Å². The van der Waals surface area contributed by atoms with Crippen LogP contribution >= 0.6 is 0 Å². The lowest BCUT2D eigenvalue weighted by Gasteiger charge is -2.36. The lowest BCUT2D eigenvalue weighted by Crippen LogP contribution is -2.37. The summed E-state index contributed by atoms with van der Waals surface area (Å²) in [6.45, 7) is 6.78. The number of hydrogen-bond acceptors (Lipinski definition) is 2. The topological polar surface area (TPSA) is 29.3 Å². The molecule has 0 amide bonds. The molecule has 1 aliphatic rings. The van der Waals surface area contributed by atoms with E-state index in [-0.39, 0.29) is 0 Å². The zero-order valence-electron chi connectivity index (χ0n) is 12.4. The molecule has 0 aromatic heterocycles. The van der Waals surface area contributed by atoms with Crippen LogP contribution < -0.4 is 5.73 Å². The average molecular weight is 260 g/mol. The normalized spacial score (nSPS) is 23.7. The molecule has 0 unspecified atom stereocenters. The van der Waals surface area contributed by atoms with Crippen molar-refractivity contribution in [1.82, 2.24) is 4.90 Å². The van der Waals surface area contributed by atoms with Crippen LogP contribution in [0.5, 0.6) is 0 Å². The highest BCUT2D eigenvalue weighted by Crippen LogP contribution is 2.30. The highest BCUT2D eigenvalue weighted by atomic mass is 15.1. The first kappa shape index (κ1) is 14.4. The minimum Gasteiger partial charge on any atom is -0.399 e. The zero-order chi connectivity index (χ0) is 13.7. The lowest BCUT2D eigenvalue weighted by molar-refractivity contribution is 0.134. The predicted octanol–water partition coefficient (Wildman–Crippen LogP) is 4.06. The molecule has 1 fully saturated rings. The molecule has 106 valence electrons. The Hall–Kier alpha value is -1.02. The fraction of sp³-hybridized carbons (Fsp3) is 0.647. The van der Waals surface area contributed by atoms with Crippen LogP contribution in [0.1, 0.15) is 51.5 Å². The molecule has 1 aromatic carbocycles. The van der Waals surface area contributed by atoms with Crippen LogP contribution in [0.2, 0.25) is 0 Å². The van der Waals surface area contributed by atoms with Crippen LogP contribution in [0.25, 0.3) is 0 Å². The fourth-order valence-electron chi connectivity index (χ4n) is 3.34.